The van der Waals surface area contributed by atoms with Crippen LogP contribution in [0, 0.1) is 5.82 Å². The lowest BCUT2D eigenvalue weighted by Crippen LogP contribution is -2.38. The highest BCUT2D eigenvalue weighted by Gasteiger charge is 2.38. The van der Waals surface area contributed by atoms with Crippen molar-refractivity contribution < 1.29 is 37.0 Å². The summed E-state index contributed by atoms with van der Waals surface area (Å²) in [7, 11) is -3.82. The molecule has 1 aliphatic heterocycles. The van der Waals surface area contributed by atoms with Gasteiger partial charge >= 0.3 is 6.09 Å². The lowest BCUT2D eigenvalue weighted by atomic mass is 10.0. The fourth-order valence-electron chi connectivity index (χ4n) is 5.22. The van der Waals surface area contributed by atoms with Gasteiger partial charge in [0.2, 0.25) is 11.8 Å². The van der Waals surface area contributed by atoms with Crippen molar-refractivity contribution in [1.82, 2.24) is 4.90 Å². The highest BCUT2D eigenvalue weighted by atomic mass is 32.2. The largest absolute Gasteiger partial charge is 0.491 e. The van der Waals surface area contributed by atoms with Gasteiger partial charge in [-0.1, -0.05) is 12.1 Å². The molecule has 11 nitrogen and oxygen atoms in total. The minimum absolute atomic E-state index is 0.00669. The Morgan fingerprint density at radius 3 is 2.50 bits per heavy atom. The summed E-state index contributed by atoms with van der Waals surface area (Å²) >= 11 is 0. The highest BCUT2D eigenvalue weighted by molar-refractivity contribution is 7.92. The number of rotatable bonds is 11. The van der Waals surface area contributed by atoms with E-state index in [1.165, 1.54) is 48.5 Å². The zero-order valence-corrected chi connectivity index (χ0v) is 25.4. The highest BCUT2D eigenvalue weighted by Crippen LogP contribution is 2.40. The normalized spacial score (nSPS) is 15.6. The Morgan fingerprint density at radius 2 is 1.84 bits per heavy atom. The molecule has 1 aliphatic rings. The lowest BCUT2D eigenvalue weighted by molar-refractivity contribution is -0.133. The Kier molecular flexibility index (Phi) is 9.78. The van der Waals surface area contributed by atoms with E-state index in [0.717, 1.165) is 0 Å². The predicted molar refractivity (Wildman–Crippen MR) is 163 cm³/mol. The van der Waals surface area contributed by atoms with Crippen molar-refractivity contribution in [1.29, 1.82) is 0 Å². The first-order chi connectivity index (χ1) is 20.8. The molecule has 1 saturated heterocycles. The average Bonchev–Trinajstić information content (AvgIpc) is 3.46. The van der Waals surface area contributed by atoms with Crippen LogP contribution in [-0.4, -0.2) is 54.7 Å². The van der Waals surface area contributed by atoms with Gasteiger partial charge in [-0.2, -0.15) is 0 Å². The number of carboxylic acid groups (broad SMARTS) is 1. The summed E-state index contributed by atoms with van der Waals surface area (Å²) in [6.07, 6.45) is -0.356. The molecule has 0 unspecified atom stereocenters. The zero-order valence-electron chi connectivity index (χ0n) is 24.5. The molecule has 1 heterocycles. The number of nitrogens with two attached hydrogens (primary N) is 1. The van der Waals surface area contributed by atoms with Gasteiger partial charge in [0.05, 0.1) is 22.8 Å². The van der Waals surface area contributed by atoms with Crippen LogP contribution in [0.25, 0.3) is 0 Å². The second-order valence-electron chi connectivity index (χ2n) is 10.6. The van der Waals surface area contributed by atoms with E-state index in [1.807, 2.05) is 0 Å². The molecule has 0 saturated carbocycles. The van der Waals surface area contributed by atoms with Crippen LogP contribution >= 0.6 is 0 Å². The first kappa shape index (κ1) is 32.3. The van der Waals surface area contributed by atoms with Crippen LogP contribution < -0.4 is 21.1 Å². The first-order valence-electron chi connectivity index (χ1n) is 14.1. The van der Waals surface area contributed by atoms with Crippen LogP contribution in [0.3, 0.4) is 0 Å². The number of primary amides is 1. The van der Waals surface area contributed by atoms with Crippen LogP contribution in [0.2, 0.25) is 0 Å². The van der Waals surface area contributed by atoms with Gasteiger partial charge < -0.3 is 25.8 Å². The topological polar surface area (TPSA) is 168 Å². The molecule has 3 aromatic rings. The molecule has 3 amide bonds. The number of carbonyl (C=O) groups excluding carboxylic acids is 2. The third-order valence-corrected chi connectivity index (χ3v) is 9.60. The van der Waals surface area contributed by atoms with Gasteiger partial charge in [0.25, 0.3) is 0 Å². The van der Waals surface area contributed by atoms with Crippen molar-refractivity contribution in [2.45, 2.75) is 55.8 Å². The van der Waals surface area contributed by atoms with E-state index in [0.29, 0.717) is 29.7 Å². The quantitative estimate of drug-likeness (QED) is 0.228. The maximum absolute atomic E-state index is 14.5. The Bertz CT molecular complexity index is 1680. The van der Waals surface area contributed by atoms with Crippen LogP contribution in [0.15, 0.2) is 65.6 Å². The van der Waals surface area contributed by atoms with Crippen molar-refractivity contribution >= 4 is 39.1 Å². The second-order valence-corrected chi connectivity index (χ2v) is 13.1. The minimum atomic E-state index is -3.82. The Labute approximate surface area is 255 Å². The number of hydrogen-bond donors (Lipinski definition) is 4. The van der Waals surface area contributed by atoms with Gasteiger partial charge in [-0.15, -0.1) is 0 Å². The summed E-state index contributed by atoms with van der Waals surface area (Å²) < 4.78 is 46.7. The molecule has 4 rings (SSSR count). The van der Waals surface area contributed by atoms with Gasteiger partial charge in [0.1, 0.15) is 6.04 Å². The molecular formula is C31H35FN4O7S. The summed E-state index contributed by atoms with van der Waals surface area (Å²) in [6.45, 7) is 5.26. The minimum Gasteiger partial charge on any atom is -0.491 e. The van der Waals surface area contributed by atoms with Gasteiger partial charge in [-0.3, -0.25) is 14.9 Å². The third-order valence-electron chi connectivity index (χ3n) is 7.38. The summed E-state index contributed by atoms with van der Waals surface area (Å²) in [4.78, 5) is 39.2. The number of anilines is 2. The summed E-state index contributed by atoms with van der Waals surface area (Å²) in [5, 5.41) is 13.9. The smallest absolute Gasteiger partial charge is 0.409 e. The van der Waals surface area contributed by atoms with Crippen LogP contribution in [-0.2, 0) is 14.6 Å². The third kappa shape index (κ3) is 6.94. The zero-order chi connectivity index (χ0) is 32.2. The number of benzene rings is 3. The Morgan fingerprint density at radius 1 is 1.09 bits per heavy atom. The molecule has 44 heavy (non-hydrogen) atoms. The number of sulfone groups is 1. The van der Waals surface area contributed by atoms with Crippen molar-refractivity contribution in [3.8, 4) is 5.75 Å². The van der Waals surface area contributed by atoms with Crippen LogP contribution in [0.4, 0.5) is 20.6 Å². The molecule has 1 fully saturated rings. The van der Waals surface area contributed by atoms with E-state index in [-0.39, 0.29) is 35.0 Å². The number of likely N-dealkylation sites (tertiary alicyclic amines) is 1. The molecule has 0 aliphatic carbocycles. The fourth-order valence-corrected chi connectivity index (χ4v) is 6.51. The molecule has 0 radical (unpaired) electrons. The number of ether oxygens (including phenoxy) is 1. The lowest BCUT2D eigenvalue weighted by Gasteiger charge is -2.32. The van der Waals surface area contributed by atoms with Crippen molar-refractivity contribution in [3.05, 3.63) is 83.2 Å². The number of nitrogens with one attached hydrogen (secondary N) is 2. The monoisotopic (exact) mass is 626 g/mol. The maximum atomic E-state index is 14.5. The maximum Gasteiger partial charge on any atom is 0.409 e. The molecule has 0 aromatic heterocycles. The van der Waals surface area contributed by atoms with E-state index >= 15 is 0 Å². The van der Waals surface area contributed by atoms with E-state index in [9.17, 15) is 32.3 Å². The van der Waals surface area contributed by atoms with Crippen molar-refractivity contribution in [3.63, 3.8) is 0 Å². The average molecular weight is 627 g/mol. The molecule has 234 valence electrons. The van der Waals surface area contributed by atoms with Crippen LogP contribution in [0.1, 0.15) is 67.2 Å². The molecule has 2 atom stereocenters. The predicted octanol–water partition coefficient (Wildman–Crippen LogP) is 5.11. The number of carbonyl (C=O) groups is 3. The summed E-state index contributed by atoms with van der Waals surface area (Å²) in [5.74, 6) is -1.77. The van der Waals surface area contributed by atoms with Gasteiger partial charge in [-0.05, 0) is 93.3 Å². The van der Waals surface area contributed by atoms with Crippen molar-refractivity contribution in [2.75, 3.05) is 23.8 Å². The molecule has 13 heteroatoms. The Hall–Kier alpha value is -4.65. The molecule has 5 N–H and O–H groups in total. The molecule has 0 spiro atoms. The van der Waals surface area contributed by atoms with Crippen LogP contribution in [0.5, 0.6) is 5.75 Å². The van der Waals surface area contributed by atoms with Gasteiger partial charge in [-0.25, -0.2) is 17.6 Å². The van der Waals surface area contributed by atoms with E-state index in [1.54, 1.807) is 37.8 Å². The summed E-state index contributed by atoms with van der Waals surface area (Å²) in [6, 6.07) is 12.7. The number of hydrogen-bond acceptors (Lipinski definition) is 7. The van der Waals surface area contributed by atoms with E-state index in [4.69, 9.17) is 10.5 Å². The molecule has 3 aromatic carbocycles. The Balaban J connectivity index is 1.82. The second kappa shape index (κ2) is 13.3. The van der Waals surface area contributed by atoms with E-state index in [2.05, 4.69) is 10.6 Å². The van der Waals surface area contributed by atoms with E-state index < -0.39 is 50.9 Å². The SMILES string of the molecule is CCOc1cc([C@@H](Nc2cccc(C(N)=O)c2)C(=O)N2CCC[C@@H]2c2cc(NC(=O)O)ccc2S(=O)(=O)C(C)C)ccc1F. The molecular weight excluding hydrogens is 591 g/mol. The fraction of sp³-hybridized carbons (Fsp3) is 0.323. The van der Waals surface area contributed by atoms with Crippen molar-refractivity contribution in [2.24, 2.45) is 5.73 Å². The number of nitrogens with zero attached hydrogens (tertiary/aromatic N) is 1. The molecule has 0 bridgehead atoms. The number of halogens is 1. The standard InChI is InChI=1S/C31H35FN4O7S/c1-4-43-26-16-19(10-12-24(26)32)28(34-21-8-5-7-20(15-21)29(33)37)30(38)36-14-6-9-25(36)23-17-22(35-31(39)40)11-13-27(23)44(41,42)18(2)3/h5,7-8,10-13,15-18,25,28,34-35H,4,6,9,14H2,1-3H3,(H2,33,37)(H,39,40)/t25-,28-/m1/s1. The summed E-state index contributed by atoms with van der Waals surface area (Å²) in [5.41, 5.74) is 6.88. The van der Waals surface area contributed by atoms with Gasteiger partial charge in [0, 0.05) is 23.5 Å². The first-order valence-corrected chi connectivity index (χ1v) is 15.6. The van der Waals surface area contributed by atoms with Gasteiger partial charge in [0.15, 0.2) is 21.4 Å². The number of amides is 3.